The normalized spacial score (nSPS) is 12.7. The first-order valence-electron chi connectivity index (χ1n) is 11.7. The van der Waals surface area contributed by atoms with E-state index in [4.69, 9.17) is 9.84 Å². The molecular formula is C26H32N4O5. The third kappa shape index (κ3) is 7.09. The van der Waals surface area contributed by atoms with E-state index in [1.54, 1.807) is 12.3 Å². The molecule has 186 valence electrons. The van der Waals surface area contributed by atoms with Crippen LogP contribution in [0.5, 0.6) is 0 Å². The summed E-state index contributed by atoms with van der Waals surface area (Å²) in [4.78, 5) is 41.9. The molecular weight excluding hydrogens is 448 g/mol. The van der Waals surface area contributed by atoms with Crippen molar-refractivity contribution in [2.45, 2.75) is 65.5 Å². The van der Waals surface area contributed by atoms with Gasteiger partial charge in [0.1, 0.15) is 11.4 Å². The molecule has 3 rings (SSSR count). The first kappa shape index (κ1) is 25.8. The number of carboxylic acid groups (broad SMARTS) is 1. The van der Waals surface area contributed by atoms with Crippen molar-refractivity contribution in [1.29, 1.82) is 0 Å². The van der Waals surface area contributed by atoms with E-state index in [9.17, 15) is 14.4 Å². The number of unbranched alkanes of at least 4 members (excludes halogenated alkanes) is 2. The van der Waals surface area contributed by atoms with Gasteiger partial charge in [-0.3, -0.25) is 14.2 Å². The van der Waals surface area contributed by atoms with Gasteiger partial charge < -0.3 is 20.1 Å². The second-order valence-electron chi connectivity index (χ2n) is 9.44. The number of carbonyl (C=O) groups is 3. The number of carbonyl (C=O) groups excluding carboxylic acids is 2. The number of alkyl carbamates (subject to hydrolysis) is 1. The molecule has 0 fully saturated rings. The van der Waals surface area contributed by atoms with E-state index < -0.39 is 17.7 Å². The molecule has 0 radical (unpaired) electrons. The Morgan fingerprint density at radius 3 is 2.74 bits per heavy atom. The lowest BCUT2D eigenvalue weighted by atomic mass is 10.1. The highest BCUT2D eigenvalue weighted by atomic mass is 16.6. The van der Waals surface area contributed by atoms with Crippen molar-refractivity contribution in [3.8, 4) is 17.5 Å². The van der Waals surface area contributed by atoms with Crippen LogP contribution < -0.4 is 5.32 Å². The summed E-state index contributed by atoms with van der Waals surface area (Å²) in [6, 6.07) is 5.50. The van der Waals surface area contributed by atoms with Crippen LogP contribution in [0.4, 0.5) is 4.79 Å². The molecule has 2 amide bonds. The molecule has 0 spiro atoms. The summed E-state index contributed by atoms with van der Waals surface area (Å²) in [7, 11) is 0. The fourth-order valence-corrected chi connectivity index (χ4v) is 3.74. The number of nitrogens with one attached hydrogen (secondary N) is 1. The fraction of sp³-hybridized carbons (Fsp3) is 0.462. The Morgan fingerprint density at radius 2 is 2.03 bits per heavy atom. The van der Waals surface area contributed by atoms with Crippen LogP contribution >= 0.6 is 0 Å². The van der Waals surface area contributed by atoms with Crippen molar-refractivity contribution in [3.63, 3.8) is 0 Å². The van der Waals surface area contributed by atoms with Gasteiger partial charge in [-0.15, -0.1) is 0 Å². The van der Waals surface area contributed by atoms with Crippen LogP contribution in [0.25, 0.3) is 5.69 Å². The standard InChI is InChI=1S/C26H32N4O5/c1-18-16-28-22-17-29(14-12-23(31)32)24(33)20-15-19(10-11-21(20)30(18)22)9-7-5-6-8-13-27-25(34)35-26(2,3)4/h10-11,15-16H,5-6,8,12-14,17H2,1-4H3,(H,27,34)(H,31,32). The summed E-state index contributed by atoms with van der Waals surface area (Å²) in [5, 5.41) is 11.8. The predicted octanol–water partition coefficient (Wildman–Crippen LogP) is 3.66. The van der Waals surface area contributed by atoms with Crippen molar-refractivity contribution in [2.75, 3.05) is 13.1 Å². The quantitative estimate of drug-likeness (QED) is 0.462. The van der Waals surface area contributed by atoms with Gasteiger partial charge in [0.05, 0.1) is 24.2 Å². The van der Waals surface area contributed by atoms with Crippen LogP contribution in [0.1, 0.15) is 73.9 Å². The summed E-state index contributed by atoms with van der Waals surface area (Å²) >= 11 is 0. The molecule has 35 heavy (non-hydrogen) atoms. The minimum Gasteiger partial charge on any atom is -0.481 e. The summed E-state index contributed by atoms with van der Waals surface area (Å²) in [5.41, 5.74) is 2.28. The molecule has 2 heterocycles. The number of amides is 2. The SMILES string of the molecule is Cc1cnc2n1-c1ccc(C#CCCCCNC(=O)OC(C)(C)C)cc1C(=O)N(CCC(=O)O)C2. The number of aryl methyl sites for hydroxylation is 1. The second kappa shape index (κ2) is 11.1. The number of benzene rings is 1. The Balaban J connectivity index is 1.66. The number of nitrogens with zero attached hydrogens (tertiary/aromatic N) is 3. The molecule has 0 saturated heterocycles. The lowest BCUT2D eigenvalue weighted by Crippen LogP contribution is -2.32. The molecule has 1 aromatic carbocycles. The molecule has 0 saturated carbocycles. The van der Waals surface area contributed by atoms with Crippen LogP contribution in [-0.2, 0) is 16.1 Å². The van der Waals surface area contributed by atoms with Crippen molar-refractivity contribution >= 4 is 18.0 Å². The number of carboxylic acids is 1. The highest BCUT2D eigenvalue weighted by Crippen LogP contribution is 2.26. The van der Waals surface area contributed by atoms with E-state index in [1.165, 1.54) is 4.90 Å². The topological polar surface area (TPSA) is 114 Å². The highest BCUT2D eigenvalue weighted by molar-refractivity contribution is 5.99. The molecule has 0 aliphatic carbocycles. The number of hydrogen-bond acceptors (Lipinski definition) is 5. The zero-order valence-corrected chi connectivity index (χ0v) is 20.7. The molecule has 9 nitrogen and oxygen atoms in total. The molecule has 0 atom stereocenters. The van der Waals surface area contributed by atoms with Crippen LogP contribution in [0.2, 0.25) is 0 Å². The third-order valence-electron chi connectivity index (χ3n) is 5.32. The maximum atomic E-state index is 13.3. The van der Waals surface area contributed by atoms with E-state index in [0.717, 1.165) is 24.2 Å². The van der Waals surface area contributed by atoms with Gasteiger partial charge in [-0.05, 0) is 58.7 Å². The van der Waals surface area contributed by atoms with Crippen LogP contribution in [-0.4, -0.2) is 56.2 Å². The van der Waals surface area contributed by atoms with Gasteiger partial charge in [-0.2, -0.15) is 0 Å². The Labute approximate surface area is 205 Å². The lowest BCUT2D eigenvalue weighted by molar-refractivity contribution is -0.137. The van der Waals surface area contributed by atoms with Gasteiger partial charge >= 0.3 is 12.1 Å². The molecule has 1 aromatic heterocycles. The van der Waals surface area contributed by atoms with Crippen molar-refractivity contribution in [3.05, 3.63) is 47.0 Å². The number of fused-ring (bicyclic) bond motifs is 3. The van der Waals surface area contributed by atoms with Gasteiger partial charge in [0.15, 0.2) is 0 Å². The molecule has 2 N–H and O–H groups in total. The monoisotopic (exact) mass is 480 g/mol. The second-order valence-corrected chi connectivity index (χ2v) is 9.44. The number of ether oxygens (including phenoxy) is 1. The number of aromatic nitrogens is 2. The van der Waals surface area contributed by atoms with Crippen molar-refractivity contribution in [1.82, 2.24) is 19.8 Å². The Hall–Kier alpha value is -3.80. The molecule has 0 bridgehead atoms. The number of aliphatic carboxylic acids is 1. The molecule has 2 aromatic rings. The van der Waals surface area contributed by atoms with E-state index in [2.05, 4.69) is 22.1 Å². The average molecular weight is 481 g/mol. The zero-order chi connectivity index (χ0) is 25.6. The molecule has 0 unspecified atom stereocenters. The minimum absolute atomic E-state index is 0.104. The van der Waals surface area contributed by atoms with Gasteiger partial charge in [0.2, 0.25) is 0 Å². The number of imidazole rings is 1. The predicted molar refractivity (Wildman–Crippen MR) is 130 cm³/mol. The van der Waals surface area contributed by atoms with E-state index in [1.807, 2.05) is 44.4 Å². The van der Waals surface area contributed by atoms with Gasteiger partial charge in [0.25, 0.3) is 5.91 Å². The summed E-state index contributed by atoms with van der Waals surface area (Å²) < 4.78 is 7.13. The summed E-state index contributed by atoms with van der Waals surface area (Å²) in [6.45, 7) is 8.25. The Morgan fingerprint density at radius 1 is 1.26 bits per heavy atom. The molecule has 1 aliphatic rings. The van der Waals surface area contributed by atoms with Crippen molar-refractivity contribution < 1.29 is 24.2 Å². The van der Waals surface area contributed by atoms with Gasteiger partial charge in [-0.25, -0.2) is 9.78 Å². The maximum absolute atomic E-state index is 13.3. The third-order valence-corrected chi connectivity index (χ3v) is 5.32. The van der Waals surface area contributed by atoms with E-state index in [-0.39, 0.29) is 25.4 Å². The number of rotatable bonds is 7. The smallest absolute Gasteiger partial charge is 0.407 e. The molecule has 9 heteroatoms. The minimum atomic E-state index is -0.956. The largest absolute Gasteiger partial charge is 0.481 e. The van der Waals surface area contributed by atoms with Gasteiger partial charge in [0, 0.05) is 37.0 Å². The zero-order valence-electron chi connectivity index (χ0n) is 20.7. The summed E-state index contributed by atoms with van der Waals surface area (Å²) in [5.74, 6) is 5.74. The lowest BCUT2D eigenvalue weighted by Gasteiger charge is -2.19. The van der Waals surface area contributed by atoms with E-state index in [0.29, 0.717) is 29.9 Å². The first-order valence-corrected chi connectivity index (χ1v) is 11.7. The van der Waals surface area contributed by atoms with Crippen LogP contribution in [0.15, 0.2) is 24.4 Å². The Bertz CT molecular complexity index is 1170. The highest BCUT2D eigenvalue weighted by Gasteiger charge is 2.28. The molecule has 1 aliphatic heterocycles. The average Bonchev–Trinajstić information content (AvgIpc) is 3.08. The number of hydrogen-bond donors (Lipinski definition) is 2. The van der Waals surface area contributed by atoms with Gasteiger partial charge in [-0.1, -0.05) is 11.8 Å². The first-order chi connectivity index (χ1) is 16.5. The fourth-order valence-electron chi connectivity index (χ4n) is 3.74. The van der Waals surface area contributed by atoms with Crippen LogP contribution in [0.3, 0.4) is 0 Å². The van der Waals surface area contributed by atoms with Crippen molar-refractivity contribution in [2.24, 2.45) is 0 Å². The van der Waals surface area contributed by atoms with Crippen LogP contribution in [0, 0.1) is 18.8 Å². The summed E-state index contributed by atoms with van der Waals surface area (Å²) in [6.07, 6.45) is 3.42. The Kier molecular flexibility index (Phi) is 8.18. The maximum Gasteiger partial charge on any atom is 0.407 e. The van der Waals surface area contributed by atoms with E-state index >= 15 is 0 Å².